The fourth-order valence-corrected chi connectivity index (χ4v) is 1.81. The maximum atomic E-state index is 4.56. The molecule has 0 aliphatic heterocycles. The lowest BCUT2D eigenvalue weighted by molar-refractivity contribution is 0.310. The molecule has 4 heteroatoms. The molecule has 1 aromatic heterocycles. The highest BCUT2D eigenvalue weighted by Crippen LogP contribution is 2.21. The monoisotopic (exact) mass is 267 g/mol. The van der Waals surface area contributed by atoms with Gasteiger partial charge in [0.05, 0.1) is 17.1 Å². The Morgan fingerprint density at radius 2 is 2.13 bits per heavy atom. The van der Waals surface area contributed by atoms with Crippen molar-refractivity contribution in [1.29, 1.82) is 0 Å². The minimum absolute atomic E-state index is 0.302. The number of aromatic nitrogens is 2. The largest absolute Gasteiger partial charge is 0.341 e. The van der Waals surface area contributed by atoms with Crippen molar-refractivity contribution in [3.8, 4) is 0 Å². The third-order valence-corrected chi connectivity index (χ3v) is 3.13. The first-order chi connectivity index (χ1) is 7.08. The lowest BCUT2D eigenvalue weighted by atomic mass is 10.3. The highest BCUT2D eigenvalue weighted by atomic mass is 79.9. The van der Waals surface area contributed by atoms with Gasteiger partial charge >= 0.3 is 0 Å². The van der Waals surface area contributed by atoms with E-state index < -0.39 is 0 Å². The summed E-state index contributed by atoms with van der Waals surface area (Å²) in [5.74, 6) is 1.01. The van der Waals surface area contributed by atoms with E-state index in [4.69, 9.17) is 0 Å². The lowest BCUT2D eigenvalue weighted by Crippen LogP contribution is -2.17. The van der Waals surface area contributed by atoms with Crippen LogP contribution in [-0.2, 0) is 0 Å². The van der Waals surface area contributed by atoms with Gasteiger partial charge in [0.1, 0.15) is 5.82 Å². The molecule has 0 saturated carbocycles. The van der Waals surface area contributed by atoms with Gasteiger partial charge in [0.15, 0.2) is 0 Å². The van der Waals surface area contributed by atoms with E-state index in [1.165, 1.54) is 0 Å². The Morgan fingerprint density at radius 1 is 1.40 bits per heavy atom. The minimum Gasteiger partial charge on any atom is -0.341 e. The predicted molar refractivity (Wildman–Crippen MR) is 65.9 cm³/mol. The van der Waals surface area contributed by atoms with Crippen molar-refractivity contribution < 1.29 is 0 Å². The smallest absolute Gasteiger partial charge is 0.124 e. The van der Waals surface area contributed by atoms with Crippen molar-refractivity contribution in [2.24, 2.45) is 0 Å². The van der Waals surface area contributed by atoms with Gasteiger partial charge in [0.2, 0.25) is 0 Å². The number of nitrogens with zero attached hydrogens (tertiary/aromatic N) is 2. The Balaban J connectivity index is 2.47. The highest BCUT2D eigenvalue weighted by Gasteiger charge is 2.12. The summed E-state index contributed by atoms with van der Waals surface area (Å²) in [6.45, 7) is 2.13. The second-order valence-electron chi connectivity index (χ2n) is 3.92. The van der Waals surface area contributed by atoms with Gasteiger partial charge in [-0.1, -0.05) is 15.9 Å². The molecule has 1 unspecified atom stereocenters. The van der Waals surface area contributed by atoms with Crippen LogP contribution in [0.5, 0.6) is 0 Å². The number of imidazole rings is 1. The Bertz CT molecular complexity index is 476. The van der Waals surface area contributed by atoms with Crippen LogP contribution in [0.2, 0.25) is 0 Å². The van der Waals surface area contributed by atoms with E-state index in [1.54, 1.807) is 0 Å². The number of nitrogens with one attached hydrogen (secondary N) is 1. The first kappa shape index (κ1) is 10.6. The molecular weight excluding hydrogens is 254 g/mol. The molecule has 1 aromatic carbocycles. The van der Waals surface area contributed by atoms with Gasteiger partial charge in [-0.15, -0.1) is 0 Å². The van der Waals surface area contributed by atoms with Crippen LogP contribution < -0.4 is 0 Å². The highest BCUT2D eigenvalue weighted by molar-refractivity contribution is 9.10. The molecule has 2 aromatic rings. The first-order valence-electron chi connectivity index (χ1n) is 4.89. The van der Waals surface area contributed by atoms with Crippen LogP contribution >= 0.6 is 15.9 Å². The summed E-state index contributed by atoms with van der Waals surface area (Å²) in [7, 11) is 4.10. The molecule has 0 radical (unpaired) electrons. The van der Waals surface area contributed by atoms with Crippen LogP contribution in [0.4, 0.5) is 0 Å². The molecular formula is C11H14BrN3. The molecule has 0 bridgehead atoms. The van der Waals surface area contributed by atoms with E-state index in [0.29, 0.717) is 6.04 Å². The van der Waals surface area contributed by atoms with Gasteiger partial charge in [-0.25, -0.2) is 4.98 Å². The van der Waals surface area contributed by atoms with Crippen molar-refractivity contribution in [3.05, 3.63) is 28.5 Å². The summed E-state index contributed by atoms with van der Waals surface area (Å²) < 4.78 is 1.07. The quantitative estimate of drug-likeness (QED) is 0.908. The number of benzene rings is 1. The number of hydrogen-bond donors (Lipinski definition) is 1. The van der Waals surface area contributed by atoms with Gasteiger partial charge in [0.25, 0.3) is 0 Å². The molecule has 1 heterocycles. The van der Waals surface area contributed by atoms with E-state index in [0.717, 1.165) is 21.3 Å². The van der Waals surface area contributed by atoms with Crippen LogP contribution in [0.3, 0.4) is 0 Å². The molecule has 0 amide bonds. The van der Waals surface area contributed by atoms with E-state index in [-0.39, 0.29) is 0 Å². The lowest BCUT2D eigenvalue weighted by Gasteiger charge is -2.16. The Hall–Kier alpha value is -0.870. The zero-order valence-corrected chi connectivity index (χ0v) is 10.7. The molecule has 0 aliphatic carbocycles. The maximum Gasteiger partial charge on any atom is 0.124 e. The van der Waals surface area contributed by atoms with Crippen molar-refractivity contribution in [2.75, 3.05) is 14.1 Å². The van der Waals surface area contributed by atoms with E-state index in [9.17, 15) is 0 Å². The van der Waals surface area contributed by atoms with Crippen LogP contribution in [0, 0.1) is 0 Å². The second kappa shape index (κ2) is 3.94. The average Bonchev–Trinajstić information content (AvgIpc) is 2.58. The SMILES string of the molecule is CC(c1nc2ccc(Br)cc2[nH]1)N(C)C. The van der Waals surface area contributed by atoms with Gasteiger partial charge < -0.3 is 4.98 Å². The van der Waals surface area contributed by atoms with Crippen LogP contribution in [0.1, 0.15) is 18.8 Å². The number of hydrogen-bond acceptors (Lipinski definition) is 2. The third kappa shape index (κ3) is 2.06. The molecule has 0 spiro atoms. The first-order valence-corrected chi connectivity index (χ1v) is 5.69. The van der Waals surface area contributed by atoms with Gasteiger partial charge in [-0.2, -0.15) is 0 Å². The second-order valence-corrected chi connectivity index (χ2v) is 4.84. The number of H-pyrrole nitrogens is 1. The third-order valence-electron chi connectivity index (χ3n) is 2.63. The van der Waals surface area contributed by atoms with Crippen LogP contribution in [-0.4, -0.2) is 29.0 Å². The van der Waals surface area contributed by atoms with Gasteiger partial charge in [-0.3, -0.25) is 4.90 Å². The summed E-state index contributed by atoms with van der Waals surface area (Å²) in [4.78, 5) is 10.0. The fraction of sp³-hybridized carbons (Fsp3) is 0.364. The number of halogens is 1. The van der Waals surface area contributed by atoms with E-state index in [2.05, 4.69) is 37.7 Å². The van der Waals surface area contributed by atoms with Crippen LogP contribution in [0.15, 0.2) is 22.7 Å². The van der Waals surface area contributed by atoms with E-state index in [1.807, 2.05) is 32.3 Å². The Labute approximate surface area is 97.6 Å². The van der Waals surface area contributed by atoms with Gasteiger partial charge in [0, 0.05) is 4.47 Å². The molecule has 1 atom stereocenters. The summed E-state index contributed by atoms with van der Waals surface area (Å²) in [5, 5.41) is 0. The molecule has 2 rings (SSSR count). The number of aromatic amines is 1. The van der Waals surface area contributed by atoms with E-state index >= 15 is 0 Å². The average molecular weight is 268 g/mol. The normalized spacial score (nSPS) is 13.7. The van der Waals surface area contributed by atoms with Crippen molar-refractivity contribution in [3.63, 3.8) is 0 Å². The Kier molecular flexibility index (Phi) is 2.80. The topological polar surface area (TPSA) is 31.9 Å². The zero-order valence-electron chi connectivity index (χ0n) is 9.08. The van der Waals surface area contributed by atoms with Crippen molar-refractivity contribution in [2.45, 2.75) is 13.0 Å². The number of fused-ring (bicyclic) bond motifs is 1. The molecule has 0 fully saturated rings. The molecule has 15 heavy (non-hydrogen) atoms. The predicted octanol–water partition coefficient (Wildman–Crippen LogP) is 2.95. The number of rotatable bonds is 2. The van der Waals surface area contributed by atoms with Crippen molar-refractivity contribution in [1.82, 2.24) is 14.9 Å². The summed E-state index contributed by atoms with van der Waals surface area (Å²) in [6, 6.07) is 6.37. The molecule has 3 nitrogen and oxygen atoms in total. The summed E-state index contributed by atoms with van der Waals surface area (Å²) >= 11 is 3.45. The zero-order chi connectivity index (χ0) is 11.0. The van der Waals surface area contributed by atoms with Crippen molar-refractivity contribution >= 4 is 27.0 Å². The maximum absolute atomic E-state index is 4.56. The molecule has 80 valence electrons. The van der Waals surface area contributed by atoms with Crippen LogP contribution in [0.25, 0.3) is 11.0 Å². The summed E-state index contributed by atoms with van der Waals surface area (Å²) in [6.07, 6.45) is 0. The molecule has 1 N–H and O–H groups in total. The minimum atomic E-state index is 0.302. The van der Waals surface area contributed by atoms with Gasteiger partial charge in [-0.05, 0) is 39.2 Å². The standard InChI is InChI=1S/C11H14BrN3/c1-7(15(2)3)11-13-9-5-4-8(12)6-10(9)14-11/h4-7H,1-3H3,(H,13,14). The molecule has 0 aliphatic rings. The molecule has 0 saturated heterocycles. The Morgan fingerprint density at radius 3 is 2.80 bits per heavy atom. The fourth-order valence-electron chi connectivity index (χ4n) is 1.44. The summed E-state index contributed by atoms with van der Waals surface area (Å²) in [5.41, 5.74) is 2.09.